The van der Waals surface area contributed by atoms with E-state index in [9.17, 15) is 4.79 Å². The Kier molecular flexibility index (Phi) is 5.89. The Morgan fingerprint density at radius 1 is 1.14 bits per heavy atom. The Morgan fingerprint density at radius 3 is 2.69 bits per heavy atom. The van der Waals surface area contributed by atoms with Crippen LogP contribution in [0, 0.1) is 0 Å². The van der Waals surface area contributed by atoms with Crippen LogP contribution in [0.15, 0.2) is 59.1 Å². The first kappa shape index (κ1) is 19.2. The fraction of sp³-hybridized carbons (Fsp3) is 0.348. The first-order chi connectivity index (χ1) is 14.2. The monoisotopic (exact) mass is 391 g/mol. The summed E-state index contributed by atoms with van der Waals surface area (Å²) in [6, 6.07) is 17.7. The number of unbranched alkanes of at least 4 members (excludes halogenated alkanes) is 1. The first-order valence-electron chi connectivity index (χ1n) is 10.1. The maximum absolute atomic E-state index is 12.4. The molecule has 6 nitrogen and oxygen atoms in total. The molecule has 29 heavy (non-hydrogen) atoms. The second-order valence-corrected chi connectivity index (χ2v) is 7.35. The Labute approximate surface area is 170 Å². The Morgan fingerprint density at radius 2 is 1.93 bits per heavy atom. The van der Waals surface area contributed by atoms with Crippen LogP contribution in [-0.2, 0) is 11.3 Å². The molecule has 0 N–H and O–H groups in total. The van der Waals surface area contributed by atoms with Crippen molar-refractivity contribution < 1.29 is 14.1 Å². The number of likely N-dealkylation sites (tertiary alicyclic amines) is 1. The Bertz CT molecular complexity index is 938. The van der Waals surface area contributed by atoms with Crippen LogP contribution < -0.4 is 4.74 Å². The predicted octanol–water partition coefficient (Wildman–Crippen LogP) is 4.43. The third kappa shape index (κ3) is 4.65. The van der Waals surface area contributed by atoms with Gasteiger partial charge in [-0.05, 0) is 36.2 Å². The number of carbonyl (C=O) groups is 1. The Balaban J connectivity index is 1.39. The van der Waals surface area contributed by atoms with Gasteiger partial charge in [0.05, 0.1) is 6.61 Å². The van der Waals surface area contributed by atoms with Crippen molar-refractivity contribution in [2.24, 2.45) is 0 Å². The largest absolute Gasteiger partial charge is 0.494 e. The van der Waals surface area contributed by atoms with Crippen molar-refractivity contribution in [3.8, 4) is 17.2 Å². The van der Waals surface area contributed by atoms with Gasteiger partial charge in [0, 0.05) is 31.0 Å². The highest BCUT2D eigenvalue weighted by Gasteiger charge is 2.33. The molecular formula is C23H25N3O3. The number of amides is 1. The number of ether oxygens (including phenoxy) is 1. The van der Waals surface area contributed by atoms with Crippen molar-refractivity contribution in [3.05, 3.63) is 66.0 Å². The van der Waals surface area contributed by atoms with E-state index in [1.54, 1.807) is 0 Å². The molecule has 0 spiro atoms. The molecule has 1 fully saturated rings. The van der Waals surface area contributed by atoms with Gasteiger partial charge in [-0.3, -0.25) is 4.79 Å². The van der Waals surface area contributed by atoms with Gasteiger partial charge < -0.3 is 14.2 Å². The van der Waals surface area contributed by atoms with Crippen molar-refractivity contribution in [3.63, 3.8) is 0 Å². The average Bonchev–Trinajstić information content (AvgIpc) is 3.37. The molecule has 1 atom stereocenters. The van der Waals surface area contributed by atoms with Crippen LogP contribution in [-0.4, -0.2) is 34.1 Å². The molecule has 2 aromatic carbocycles. The summed E-state index contributed by atoms with van der Waals surface area (Å²) in [4.78, 5) is 18.8. The van der Waals surface area contributed by atoms with Gasteiger partial charge in [-0.1, -0.05) is 48.8 Å². The Hall–Kier alpha value is -3.15. The molecule has 0 radical (unpaired) electrons. The normalized spacial score (nSPS) is 16.4. The lowest BCUT2D eigenvalue weighted by Crippen LogP contribution is -2.24. The molecule has 1 amide bonds. The van der Waals surface area contributed by atoms with E-state index in [4.69, 9.17) is 9.26 Å². The molecule has 6 heteroatoms. The van der Waals surface area contributed by atoms with Crippen molar-refractivity contribution in [2.45, 2.75) is 38.6 Å². The van der Waals surface area contributed by atoms with Crippen molar-refractivity contribution in [2.75, 3.05) is 13.2 Å². The lowest BCUT2D eigenvalue weighted by molar-refractivity contribution is -0.128. The van der Waals surface area contributed by atoms with E-state index in [1.807, 2.05) is 59.5 Å². The fourth-order valence-electron chi connectivity index (χ4n) is 3.45. The van der Waals surface area contributed by atoms with E-state index >= 15 is 0 Å². The summed E-state index contributed by atoms with van der Waals surface area (Å²) in [5.74, 6) is 1.97. The number of carbonyl (C=O) groups excluding carboxylic acids is 1. The quantitative estimate of drug-likeness (QED) is 0.531. The van der Waals surface area contributed by atoms with Gasteiger partial charge in [0.25, 0.3) is 5.89 Å². The predicted molar refractivity (Wildman–Crippen MR) is 109 cm³/mol. The van der Waals surface area contributed by atoms with Crippen LogP contribution in [0.2, 0.25) is 0 Å². The van der Waals surface area contributed by atoms with Gasteiger partial charge in [-0.25, -0.2) is 0 Å². The highest BCUT2D eigenvalue weighted by molar-refractivity contribution is 5.79. The molecule has 1 aliphatic rings. The van der Waals surface area contributed by atoms with Crippen molar-refractivity contribution in [1.29, 1.82) is 0 Å². The maximum Gasteiger partial charge on any atom is 0.257 e. The second kappa shape index (κ2) is 8.90. The standard InChI is InChI=1S/C23H25N3O3/c1-2-3-13-28-20-11-9-18(10-12-20)23-24-22(25-29-23)19-14-21(27)26(16-19)15-17-7-5-4-6-8-17/h4-12,19H,2-3,13-16H2,1H3. The van der Waals surface area contributed by atoms with Crippen molar-refractivity contribution in [1.82, 2.24) is 15.0 Å². The summed E-state index contributed by atoms with van der Waals surface area (Å²) in [5.41, 5.74) is 1.97. The highest BCUT2D eigenvalue weighted by atomic mass is 16.5. The molecular weight excluding hydrogens is 366 g/mol. The van der Waals surface area contributed by atoms with Gasteiger partial charge in [-0.2, -0.15) is 4.98 Å². The third-order valence-corrected chi connectivity index (χ3v) is 5.11. The summed E-state index contributed by atoms with van der Waals surface area (Å²) in [7, 11) is 0. The summed E-state index contributed by atoms with van der Waals surface area (Å²) >= 11 is 0. The second-order valence-electron chi connectivity index (χ2n) is 7.35. The molecule has 1 saturated heterocycles. The lowest BCUT2D eigenvalue weighted by Gasteiger charge is -2.15. The molecule has 3 aromatic rings. The summed E-state index contributed by atoms with van der Waals surface area (Å²) < 4.78 is 11.1. The number of hydrogen-bond acceptors (Lipinski definition) is 5. The minimum absolute atomic E-state index is 0.0413. The molecule has 150 valence electrons. The van der Waals surface area contributed by atoms with Crippen LogP contribution in [0.4, 0.5) is 0 Å². The topological polar surface area (TPSA) is 68.5 Å². The molecule has 1 aliphatic heterocycles. The molecule has 1 aromatic heterocycles. The van der Waals surface area contributed by atoms with E-state index < -0.39 is 0 Å². The molecule has 4 rings (SSSR count). The zero-order valence-corrected chi connectivity index (χ0v) is 16.6. The molecule has 0 bridgehead atoms. The zero-order valence-electron chi connectivity index (χ0n) is 16.6. The van der Waals surface area contributed by atoms with Gasteiger partial charge in [0.1, 0.15) is 5.75 Å². The number of rotatable bonds is 8. The van der Waals surface area contributed by atoms with Crippen molar-refractivity contribution >= 4 is 5.91 Å². The number of benzene rings is 2. The summed E-state index contributed by atoms with van der Waals surface area (Å²) in [5, 5.41) is 4.14. The molecule has 0 aliphatic carbocycles. The number of aromatic nitrogens is 2. The van der Waals surface area contributed by atoms with Crippen LogP contribution >= 0.6 is 0 Å². The average molecular weight is 391 g/mol. The van der Waals surface area contributed by atoms with Crippen LogP contribution in [0.1, 0.15) is 43.5 Å². The smallest absolute Gasteiger partial charge is 0.257 e. The van der Waals surface area contributed by atoms with E-state index in [0.29, 0.717) is 31.2 Å². The molecule has 0 saturated carbocycles. The van der Waals surface area contributed by atoms with Crippen LogP contribution in [0.5, 0.6) is 5.75 Å². The van der Waals surface area contributed by atoms with E-state index in [0.717, 1.165) is 36.3 Å². The fourth-order valence-corrected chi connectivity index (χ4v) is 3.45. The first-order valence-corrected chi connectivity index (χ1v) is 10.1. The number of hydrogen-bond donors (Lipinski definition) is 0. The maximum atomic E-state index is 12.4. The van der Waals surface area contributed by atoms with Crippen LogP contribution in [0.3, 0.4) is 0 Å². The van der Waals surface area contributed by atoms with Crippen LogP contribution in [0.25, 0.3) is 11.5 Å². The molecule has 2 heterocycles. The van der Waals surface area contributed by atoms with Gasteiger partial charge in [0.15, 0.2) is 5.82 Å². The minimum Gasteiger partial charge on any atom is -0.494 e. The van der Waals surface area contributed by atoms with Gasteiger partial charge in [-0.15, -0.1) is 0 Å². The highest BCUT2D eigenvalue weighted by Crippen LogP contribution is 2.29. The van der Waals surface area contributed by atoms with E-state index in [2.05, 4.69) is 17.1 Å². The number of nitrogens with zero attached hydrogens (tertiary/aromatic N) is 3. The minimum atomic E-state index is -0.0413. The van der Waals surface area contributed by atoms with Gasteiger partial charge >= 0.3 is 0 Å². The summed E-state index contributed by atoms with van der Waals surface area (Å²) in [6.07, 6.45) is 2.56. The van der Waals surface area contributed by atoms with Gasteiger partial charge in [0.2, 0.25) is 5.91 Å². The SMILES string of the molecule is CCCCOc1ccc(-c2nc(C3CC(=O)N(Cc4ccccc4)C3)no2)cc1. The van der Waals surface area contributed by atoms with E-state index in [1.165, 1.54) is 0 Å². The third-order valence-electron chi connectivity index (χ3n) is 5.11. The van der Waals surface area contributed by atoms with E-state index in [-0.39, 0.29) is 11.8 Å². The lowest BCUT2D eigenvalue weighted by atomic mass is 10.1. The zero-order chi connectivity index (χ0) is 20.1. The summed E-state index contributed by atoms with van der Waals surface area (Å²) in [6.45, 7) is 4.07. The molecule has 1 unspecified atom stereocenters.